The lowest BCUT2D eigenvalue weighted by molar-refractivity contribution is 0.0593. The number of nitrogens with one attached hydrogen (secondary N) is 1. The summed E-state index contributed by atoms with van der Waals surface area (Å²) in [5.41, 5.74) is 2.18. The Bertz CT molecular complexity index is 809. The SMILES string of the molecule is CC[C@H](C)N1C(=O)c2ccccc2N[C@H]1c1cc(Cl)c(O)c(OC)c1. The Balaban J connectivity index is 2.13. The second kappa shape index (κ2) is 6.84. The van der Waals surface area contributed by atoms with Crippen LogP contribution in [0.15, 0.2) is 36.4 Å². The van der Waals surface area contributed by atoms with Crippen LogP contribution in [0, 0.1) is 0 Å². The molecule has 0 saturated heterocycles. The molecule has 0 unspecified atom stereocenters. The third-order valence-electron chi connectivity index (χ3n) is 4.61. The maximum absolute atomic E-state index is 13.1. The van der Waals surface area contributed by atoms with Gasteiger partial charge in [0.25, 0.3) is 5.91 Å². The number of benzene rings is 2. The quantitative estimate of drug-likeness (QED) is 0.847. The van der Waals surface area contributed by atoms with Crippen LogP contribution in [0.3, 0.4) is 0 Å². The van der Waals surface area contributed by atoms with Crippen molar-refractivity contribution in [3.05, 3.63) is 52.5 Å². The highest BCUT2D eigenvalue weighted by Crippen LogP contribution is 2.41. The van der Waals surface area contributed by atoms with Crippen LogP contribution in [0.4, 0.5) is 5.69 Å². The van der Waals surface area contributed by atoms with Gasteiger partial charge in [-0.25, -0.2) is 0 Å². The van der Waals surface area contributed by atoms with Crippen LogP contribution in [0.2, 0.25) is 5.02 Å². The average Bonchev–Trinajstić information content (AvgIpc) is 2.63. The van der Waals surface area contributed by atoms with E-state index in [9.17, 15) is 9.90 Å². The third kappa shape index (κ3) is 3.00. The van der Waals surface area contributed by atoms with Crippen molar-refractivity contribution in [2.75, 3.05) is 12.4 Å². The van der Waals surface area contributed by atoms with Gasteiger partial charge in [0.15, 0.2) is 11.5 Å². The molecule has 0 aromatic heterocycles. The Kier molecular flexibility index (Phi) is 4.77. The maximum Gasteiger partial charge on any atom is 0.258 e. The first kappa shape index (κ1) is 17.4. The highest BCUT2D eigenvalue weighted by molar-refractivity contribution is 6.32. The second-order valence-electron chi connectivity index (χ2n) is 6.12. The smallest absolute Gasteiger partial charge is 0.258 e. The Labute approximate surface area is 152 Å². The van der Waals surface area contributed by atoms with Gasteiger partial charge in [0.05, 0.1) is 17.7 Å². The lowest BCUT2D eigenvalue weighted by Crippen LogP contribution is -2.47. The first-order chi connectivity index (χ1) is 12.0. The van der Waals surface area contributed by atoms with Crippen LogP contribution in [-0.2, 0) is 0 Å². The van der Waals surface area contributed by atoms with Crippen molar-refractivity contribution in [1.29, 1.82) is 0 Å². The van der Waals surface area contributed by atoms with Gasteiger partial charge >= 0.3 is 0 Å². The largest absolute Gasteiger partial charge is 0.503 e. The Hall–Kier alpha value is -2.40. The van der Waals surface area contributed by atoms with E-state index >= 15 is 0 Å². The number of carbonyl (C=O) groups excluding carboxylic acids is 1. The topological polar surface area (TPSA) is 61.8 Å². The number of hydrogen-bond acceptors (Lipinski definition) is 4. The molecular weight excluding hydrogens is 340 g/mol. The van der Waals surface area contributed by atoms with Crippen molar-refractivity contribution in [1.82, 2.24) is 4.90 Å². The number of amides is 1. The standard InChI is InChI=1S/C19H21ClN2O3/c1-4-11(2)22-18(12-9-14(20)17(23)16(10-12)25-3)21-15-8-6-5-7-13(15)19(22)24/h5-11,18,21,23H,4H2,1-3H3/t11-,18+/m0/s1. The van der Waals surface area contributed by atoms with Crippen LogP contribution in [-0.4, -0.2) is 29.1 Å². The Morgan fingerprint density at radius 3 is 2.76 bits per heavy atom. The molecule has 2 atom stereocenters. The summed E-state index contributed by atoms with van der Waals surface area (Å²) in [6.45, 7) is 4.06. The minimum atomic E-state index is -0.399. The zero-order chi connectivity index (χ0) is 18.1. The number of fused-ring (bicyclic) bond motifs is 1. The molecule has 0 saturated carbocycles. The number of aromatic hydroxyl groups is 1. The molecule has 0 bridgehead atoms. The monoisotopic (exact) mass is 360 g/mol. The Morgan fingerprint density at radius 1 is 1.36 bits per heavy atom. The summed E-state index contributed by atoms with van der Waals surface area (Å²) in [4.78, 5) is 14.9. The average molecular weight is 361 g/mol. The van der Waals surface area contributed by atoms with Gasteiger partial charge in [0.1, 0.15) is 6.17 Å². The molecule has 0 spiro atoms. The maximum atomic E-state index is 13.1. The molecule has 2 aromatic carbocycles. The van der Waals surface area contributed by atoms with Crippen molar-refractivity contribution < 1.29 is 14.6 Å². The molecule has 0 radical (unpaired) electrons. The van der Waals surface area contributed by atoms with Crippen molar-refractivity contribution in [3.63, 3.8) is 0 Å². The summed E-state index contributed by atoms with van der Waals surface area (Å²) >= 11 is 6.15. The number of methoxy groups -OCH3 is 1. The molecule has 2 N–H and O–H groups in total. The van der Waals surface area contributed by atoms with E-state index in [0.717, 1.165) is 17.7 Å². The number of para-hydroxylation sites is 1. The Morgan fingerprint density at radius 2 is 2.08 bits per heavy atom. The van der Waals surface area contributed by atoms with E-state index in [2.05, 4.69) is 5.32 Å². The minimum absolute atomic E-state index is 0.0249. The highest BCUT2D eigenvalue weighted by atomic mass is 35.5. The molecular formula is C19H21ClN2O3. The first-order valence-electron chi connectivity index (χ1n) is 8.22. The molecule has 1 amide bonds. The van der Waals surface area contributed by atoms with Gasteiger partial charge in [-0.15, -0.1) is 0 Å². The van der Waals surface area contributed by atoms with Crippen molar-refractivity contribution in [2.45, 2.75) is 32.5 Å². The summed E-state index contributed by atoms with van der Waals surface area (Å²) in [6.07, 6.45) is 0.416. The summed E-state index contributed by atoms with van der Waals surface area (Å²) < 4.78 is 5.21. The number of halogens is 1. The van der Waals surface area contributed by atoms with Crippen molar-refractivity contribution in [2.24, 2.45) is 0 Å². The molecule has 132 valence electrons. The molecule has 3 rings (SSSR count). The molecule has 2 aromatic rings. The van der Waals surface area contributed by atoms with E-state index in [0.29, 0.717) is 5.56 Å². The van der Waals surface area contributed by atoms with E-state index in [1.165, 1.54) is 7.11 Å². The predicted octanol–water partition coefficient (Wildman–Crippen LogP) is 4.42. The van der Waals surface area contributed by atoms with E-state index in [-0.39, 0.29) is 28.5 Å². The van der Waals surface area contributed by atoms with Crippen molar-refractivity contribution in [3.8, 4) is 11.5 Å². The molecule has 25 heavy (non-hydrogen) atoms. The van der Waals surface area contributed by atoms with Gasteiger partial charge in [-0.3, -0.25) is 4.79 Å². The third-order valence-corrected chi connectivity index (χ3v) is 4.90. The molecule has 1 heterocycles. The van der Waals surface area contributed by atoms with Crippen LogP contribution in [0.1, 0.15) is 42.4 Å². The van der Waals surface area contributed by atoms with Crippen LogP contribution >= 0.6 is 11.6 Å². The normalized spacial score (nSPS) is 17.7. The number of phenols is 1. The van der Waals surface area contributed by atoms with Gasteiger partial charge in [-0.05, 0) is 37.6 Å². The molecule has 1 aliphatic rings. The first-order valence-corrected chi connectivity index (χ1v) is 8.60. The van der Waals surface area contributed by atoms with Crippen LogP contribution in [0.5, 0.6) is 11.5 Å². The zero-order valence-electron chi connectivity index (χ0n) is 14.4. The van der Waals surface area contributed by atoms with Gasteiger partial charge in [-0.2, -0.15) is 0 Å². The summed E-state index contributed by atoms with van der Waals surface area (Å²) in [5, 5.41) is 13.6. The lowest BCUT2D eigenvalue weighted by Gasteiger charge is -2.41. The molecule has 5 nitrogen and oxygen atoms in total. The number of nitrogens with zero attached hydrogens (tertiary/aromatic N) is 1. The fourth-order valence-electron chi connectivity index (χ4n) is 3.07. The second-order valence-corrected chi connectivity index (χ2v) is 6.52. The predicted molar refractivity (Wildman–Crippen MR) is 98.4 cm³/mol. The zero-order valence-corrected chi connectivity index (χ0v) is 15.2. The number of rotatable bonds is 4. The fourth-order valence-corrected chi connectivity index (χ4v) is 3.29. The minimum Gasteiger partial charge on any atom is -0.503 e. The number of anilines is 1. The van der Waals surface area contributed by atoms with Gasteiger partial charge in [0, 0.05) is 17.3 Å². The highest BCUT2D eigenvalue weighted by Gasteiger charge is 2.35. The van der Waals surface area contributed by atoms with Gasteiger partial charge in [0.2, 0.25) is 0 Å². The number of hydrogen-bond donors (Lipinski definition) is 2. The number of carbonyl (C=O) groups is 1. The molecule has 0 aliphatic carbocycles. The van der Waals surface area contributed by atoms with E-state index in [1.54, 1.807) is 12.1 Å². The molecule has 1 aliphatic heterocycles. The summed E-state index contributed by atoms with van der Waals surface area (Å²) in [7, 11) is 1.47. The van der Waals surface area contributed by atoms with Crippen LogP contribution < -0.4 is 10.1 Å². The summed E-state index contributed by atoms with van der Waals surface area (Å²) in [6, 6.07) is 10.8. The fraction of sp³-hybridized carbons (Fsp3) is 0.316. The lowest BCUT2D eigenvalue weighted by atomic mass is 10.0. The van der Waals surface area contributed by atoms with E-state index in [1.807, 2.05) is 43.0 Å². The molecule has 6 heteroatoms. The summed E-state index contributed by atoms with van der Waals surface area (Å²) in [5.74, 6) is 0.141. The molecule has 0 fully saturated rings. The van der Waals surface area contributed by atoms with Gasteiger partial charge < -0.3 is 20.1 Å². The van der Waals surface area contributed by atoms with Crippen LogP contribution in [0.25, 0.3) is 0 Å². The number of phenolic OH excluding ortho intramolecular Hbond substituents is 1. The van der Waals surface area contributed by atoms with E-state index in [4.69, 9.17) is 16.3 Å². The van der Waals surface area contributed by atoms with E-state index < -0.39 is 6.17 Å². The number of ether oxygens (including phenoxy) is 1. The van der Waals surface area contributed by atoms with Gasteiger partial charge in [-0.1, -0.05) is 30.7 Å². The van der Waals surface area contributed by atoms with Crippen molar-refractivity contribution >= 4 is 23.2 Å².